The molecule has 6 atom stereocenters. The van der Waals surface area contributed by atoms with Crippen molar-refractivity contribution in [3.8, 4) is 0 Å². The van der Waals surface area contributed by atoms with Gasteiger partial charge in [0.25, 0.3) is 0 Å². The number of rotatable bonds is 5. The van der Waals surface area contributed by atoms with Crippen LogP contribution in [0.3, 0.4) is 0 Å². The summed E-state index contributed by atoms with van der Waals surface area (Å²) in [4.78, 5) is 2.79. The van der Waals surface area contributed by atoms with Crippen molar-refractivity contribution in [2.45, 2.75) is 83.1 Å². The molecule has 5 unspecified atom stereocenters. The van der Waals surface area contributed by atoms with Crippen LogP contribution in [-0.2, 0) is 6.42 Å². The van der Waals surface area contributed by atoms with Gasteiger partial charge in [-0.25, -0.2) is 0 Å². The molecule has 2 heterocycles. The second kappa shape index (κ2) is 12.8. The van der Waals surface area contributed by atoms with Gasteiger partial charge in [0.15, 0.2) is 0 Å². The van der Waals surface area contributed by atoms with Crippen molar-refractivity contribution in [3.05, 3.63) is 149 Å². The maximum absolute atomic E-state index is 2.79. The lowest BCUT2D eigenvalue weighted by Crippen LogP contribution is -2.34. The Balaban J connectivity index is 1.02. The Bertz CT molecular complexity index is 2060. The van der Waals surface area contributed by atoms with Gasteiger partial charge in [-0.15, -0.1) is 0 Å². The Kier molecular flexibility index (Phi) is 7.81. The van der Waals surface area contributed by atoms with Gasteiger partial charge < -0.3 is 9.47 Å². The van der Waals surface area contributed by atoms with Crippen molar-refractivity contribution in [1.82, 2.24) is 9.47 Å². The van der Waals surface area contributed by atoms with Crippen LogP contribution in [0.4, 0.5) is 0 Å². The van der Waals surface area contributed by atoms with E-state index in [0.29, 0.717) is 23.8 Å². The standard InChI is InChI=1S/C48H50N2/c1-3-13-33(14-4-1)35-17-11-19-39(29-35)49-45-23-9-7-21-41(45)43-27-25-37(31-47(43)49)38-26-28-44-42-22-8-10-24-46(42)50(48(44)32-38)40-20-12-18-36(30-40)34-15-5-2-6-16-34/h1,3-5,7-8,10-11,13,15,17,19-22,24-25,27,31-36,42,46H,2,6,9,12,14,16,18,23,26,28-30H2/t33-,34?,35?,36?,42?,46?/m0/s1. The first-order valence-corrected chi connectivity index (χ1v) is 19.8. The molecule has 252 valence electrons. The Morgan fingerprint density at radius 2 is 1.64 bits per heavy atom. The van der Waals surface area contributed by atoms with Crippen LogP contribution in [0, 0.1) is 29.6 Å². The molecule has 10 rings (SSSR count). The second-order valence-corrected chi connectivity index (χ2v) is 16.0. The summed E-state index contributed by atoms with van der Waals surface area (Å²) < 4.78 is 2.67. The molecule has 8 aliphatic rings. The molecule has 2 nitrogen and oxygen atoms in total. The first-order valence-electron chi connectivity index (χ1n) is 19.8. The van der Waals surface area contributed by atoms with Gasteiger partial charge in [-0.05, 0) is 136 Å². The minimum Gasteiger partial charge on any atom is -0.338 e. The predicted molar refractivity (Wildman–Crippen MR) is 211 cm³/mol. The largest absolute Gasteiger partial charge is 0.338 e. The van der Waals surface area contributed by atoms with E-state index in [9.17, 15) is 0 Å². The molecule has 1 aromatic heterocycles. The van der Waals surface area contributed by atoms with Crippen LogP contribution < -0.4 is 0 Å². The Labute approximate surface area is 298 Å². The minimum atomic E-state index is 0.416. The van der Waals surface area contributed by atoms with Crippen LogP contribution in [0.1, 0.15) is 87.4 Å². The summed E-state index contributed by atoms with van der Waals surface area (Å²) in [6, 6.07) is 7.84. The Morgan fingerprint density at radius 3 is 2.56 bits per heavy atom. The monoisotopic (exact) mass is 654 g/mol. The lowest BCUT2D eigenvalue weighted by atomic mass is 9.77. The highest BCUT2D eigenvalue weighted by atomic mass is 15.2. The van der Waals surface area contributed by atoms with Crippen LogP contribution >= 0.6 is 0 Å². The molecule has 50 heavy (non-hydrogen) atoms. The molecular weight excluding hydrogens is 605 g/mol. The van der Waals surface area contributed by atoms with Crippen LogP contribution in [0.2, 0.25) is 0 Å². The molecule has 0 radical (unpaired) electrons. The summed E-state index contributed by atoms with van der Waals surface area (Å²) >= 11 is 0. The third-order valence-electron chi connectivity index (χ3n) is 13.2. The summed E-state index contributed by atoms with van der Waals surface area (Å²) in [5.74, 6) is 3.15. The molecule has 0 bridgehead atoms. The number of hydrogen-bond acceptors (Lipinski definition) is 1. The highest BCUT2D eigenvalue weighted by Gasteiger charge is 2.42. The van der Waals surface area contributed by atoms with Crippen molar-refractivity contribution in [3.63, 3.8) is 0 Å². The number of benzene rings is 1. The number of aromatic nitrogens is 1. The average Bonchev–Trinajstić information content (AvgIpc) is 3.71. The molecule has 0 saturated heterocycles. The number of nitrogens with zero attached hydrogens (tertiary/aromatic N) is 2. The highest BCUT2D eigenvalue weighted by molar-refractivity contribution is 5.96. The van der Waals surface area contributed by atoms with Gasteiger partial charge in [-0.2, -0.15) is 0 Å². The molecule has 0 amide bonds. The maximum atomic E-state index is 2.79. The van der Waals surface area contributed by atoms with Crippen LogP contribution in [0.15, 0.2) is 132 Å². The van der Waals surface area contributed by atoms with Gasteiger partial charge in [-0.1, -0.05) is 103 Å². The van der Waals surface area contributed by atoms with E-state index in [1.165, 1.54) is 83.2 Å². The number of fused-ring (bicyclic) bond motifs is 5. The van der Waals surface area contributed by atoms with Crippen molar-refractivity contribution in [1.29, 1.82) is 0 Å². The SMILES string of the molecule is C1=CC[C@@H](C2C=CC=C(n3c4c(c5ccc(C6=CC7=C(CC6)C6C=CC=CC6N7C6=CCCC(C7C=CCCC7)C6)cc53)C=CCC4)C2)C=C1. The van der Waals surface area contributed by atoms with E-state index in [1.54, 1.807) is 11.3 Å². The van der Waals surface area contributed by atoms with E-state index in [0.717, 1.165) is 50.4 Å². The molecule has 7 aliphatic carbocycles. The normalized spacial score (nSPS) is 31.1. The molecule has 0 fully saturated rings. The van der Waals surface area contributed by atoms with Crippen molar-refractivity contribution < 1.29 is 0 Å². The van der Waals surface area contributed by atoms with Crippen LogP contribution in [0.5, 0.6) is 0 Å². The lowest BCUT2D eigenvalue weighted by Gasteiger charge is -2.38. The van der Waals surface area contributed by atoms with Crippen LogP contribution in [0.25, 0.3) is 28.2 Å². The van der Waals surface area contributed by atoms with Crippen molar-refractivity contribution >= 4 is 28.2 Å². The Morgan fingerprint density at radius 1 is 0.700 bits per heavy atom. The molecule has 1 aromatic carbocycles. The molecule has 0 spiro atoms. The molecular formula is C48H50N2. The number of allylic oxidation sites excluding steroid dienone is 17. The zero-order valence-corrected chi connectivity index (χ0v) is 29.4. The zero-order chi connectivity index (χ0) is 33.0. The fourth-order valence-electron chi connectivity index (χ4n) is 10.7. The lowest BCUT2D eigenvalue weighted by molar-refractivity contribution is 0.273. The van der Waals surface area contributed by atoms with Gasteiger partial charge in [0.2, 0.25) is 0 Å². The van der Waals surface area contributed by atoms with Crippen LogP contribution in [-0.4, -0.2) is 15.5 Å². The summed E-state index contributed by atoms with van der Waals surface area (Å²) in [6.45, 7) is 0. The first-order chi connectivity index (χ1) is 24.8. The summed E-state index contributed by atoms with van der Waals surface area (Å²) in [5.41, 5.74) is 13.4. The molecule has 0 saturated carbocycles. The van der Waals surface area contributed by atoms with E-state index >= 15 is 0 Å². The van der Waals surface area contributed by atoms with E-state index in [4.69, 9.17) is 0 Å². The second-order valence-electron chi connectivity index (χ2n) is 16.0. The molecule has 1 aliphatic heterocycles. The van der Waals surface area contributed by atoms with Gasteiger partial charge in [0, 0.05) is 39.7 Å². The van der Waals surface area contributed by atoms with E-state index < -0.39 is 0 Å². The molecule has 0 N–H and O–H groups in total. The van der Waals surface area contributed by atoms with E-state index in [2.05, 4.69) is 131 Å². The third kappa shape index (κ3) is 5.21. The van der Waals surface area contributed by atoms with Gasteiger partial charge in [0.05, 0.1) is 11.6 Å². The maximum Gasteiger partial charge on any atom is 0.0623 e. The third-order valence-corrected chi connectivity index (χ3v) is 13.2. The van der Waals surface area contributed by atoms with Gasteiger partial charge in [-0.3, -0.25) is 0 Å². The van der Waals surface area contributed by atoms with Crippen molar-refractivity contribution in [2.75, 3.05) is 0 Å². The zero-order valence-electron chi connectivity index (χ0n) is 29.4. The summed E-state index contributed by atoms with van der Waals surface area (Å²) in [7, 11) is 0. The molecule has 2 aromatic rings. The topological polar surface area (TPSA) is 8.17 Å². The predicted octanol–water partition coefficient (Wildman–Crippen LogP) is 12.0. The molecule has 2 heteroatoms. The Hall–Kier alpha value is -4.30. The summed E-state index contributed by atoms with van der Waals surface area (Å²) in [5, 5.41) is 1.41. The van der Waals surface area contributed by atoms with Gasteiger partial charge in [0.1, 0.15) is 0 Å². The number of hydrogen-bond donors (Lipinski definition) is 0. The fourth-order valence-corrected chi connectivity index (χ4v) is 10.7. The average molecular weight is 655 g/mol. The van der Waals surface area contributed by atoms with Gasteiger partial charge >= 0.3 is 0 Å². The quantitative estimate of drug-likeness (QED) is 0.291. The van der Waals surface area contributed by atoms with E-state index in [1.807, 2.05) is 0 Å². The smallest absolute Gasteiger partial charge is 0.0623 e. The van der Waals surface area contributed by atoms with E-state index in [-0.39, 0.29) is 0 Å². The summed E-state index contributed by atoms with van der Waals surface area (Å²) in [6.07, 6.45) is 55.4. The highest BCUT2D eigenvalue weighted by Crippen LogP contribution is 2.50. The van der Waals surface area contributed by atoms with Crippen molar-refractivity contribution in [2.24, 2.45) is 29.6 Å². The minimum absolute atomic E-state index is 0.416. The first kappa shape index (κ1) is 30.5. The fraction of sp³-hybridized carbons (Fsp3) is 0.375.